The Morgan fingerprint density at radius 2 is 1.92 bits per heavy atom. The lowest BCUT2D eigenvalue weighted by molar-refractivity contribution is 0.586. The molecule has 13 heavy (non-hydrogen) atoms. The van der Waals surface area contributed by atoms with Gasteiger partial charge in [-0.15, -0.1) is 0 Å². The molecule has 2 N–H and O–H groups in total. The SMILES string of the molecule is Cc1cc(F)c(NC2CN2)c(F)c1. The van der Waals surface area contributed by atoms with Crippen molar-refractivity contribution >= 4 is 5.69 Å². The maximum absolute atomic E-state index is 13.2. The van der Waals surface area contributed by atoms with Crippen LogP contribution in [0, 0.1) is 18.6 Å². The molecule has 1 aromatic carbocycles. The lowest BCUT2D eigenvalue weighted by atomic mass is 10.2. The van der Waals surface area contributed by atoms with Crippen molar-refractivity contribution in [3.63, 3.8) is 0 Å². The van der Waals surface area contributed by atoms with Crippen LogP contribution in [0.15, 0.2) is 12.1 Å². The summed E-state index contributed by atoms with van der Waals surface area (Å²) in [6, 6.07) is 2.63. The molecule has 1 aromatic rings. The van der Waals surface area contributed by atoms with Crippen LogP contribution < -0.4 is 10.6 Å². The molecule has 0 spiro atoms. The van der Waals surface area contributed by atoms with Crippen LogP contribution in [0.5, 0.6) is 0 Å². The van der Waals surface area contributed by atoms with E-state index >= 15 is 0 Å². The second-order valence-electron chi connectivity index (χ2n) is 3.21. The van der Waals surface area contributed by atoms with Gasteiger partial charge in [-0.2, -0.15) is 0 Å². The first kappa shape index (κ1) is 8.44. The third-order valence-corrected chi connectivity index (χ3v) is 1.91. The minimum absolute atomic E-state index is 0.0201. The van der Waals surface area contributed by atoms with E-state index in [2.05, 4.69) is 10.6 Å². The average molecular weight is 184 g/mol. The van der Waals surface area contributed by atoms with Crippen LogP contribution in [-0.4, -0.2) is 12.7 Å². The summed E-state index contributed by atoms with van der Waals surface area (Å²) in [7, 11) is 0. The summed E-state index contributed by atoms with van der Waals surface area (Å²) in [5, 5.41) is 5.63. The van der Waals surface area contributed by atoms with Gasteiger partial charge in [0.2, 0.25) is 0 Å². The molecule has 2 nitrogen and oxygen atoms in total. The molecule has 1 saturated heterocycles. The van der Waals surface area contributed by atoms with Crippen LogP contribution in [0.3, 0.4) is 0 Å². The molecule has 1 atom stereocenters. The molecular weight excluding hydrogens is 174 g/mol. The fourth-order valence-corrected chi connectivity index (χ4v) is 1.17. The Hall–Kier alpha value is -1.16. The van der Waals surface area contributed by atoms with E-state index in [1.165, 1.54) is 12.1 Å². The lowest BCUT2D eigenvalue weighted by Crippen LogP contribution is -2.09. The van der Waals surface area contributed by atoms with Crippen molar-refractivity contribution in [2.75, 3.05) is 11.9 Å². The molecule has 0 aromatic heterocycles. The van der Waals surface area contributed by atoms with Gasteiger partial charge in [0.25, 0.3) is 0 Å². The molecular formula is C9H10F2N2. The smallest absolute Gasteiger partial charge is 0.149 e. The highest BCUT2D eigenvalue weighted by molar-refractivity contribution is 5.49. The molecule has 1 unspecified atom stereocenters. The quantitative estimate of drug-likeness (QED) is 0.685. The molecule has 1 heterocycles. The summed E-state index contributed by atoms with van der Waals surface area (Å²) in [5.74, 6) is -1.07. The molecule has 1 aliphatic heterocycles. The highest BCUT2D eigenvalue weighted by Gasteiger charge is 2.22. The Morgan fingerprint density at radius 3 is 2.38 bits per heavy atom. The van der Waals surface area contributed by atoms with Gasteiger partial charge in [-0.3, -0.25) is 5.32 Å². The van der Waals surface area contributed by atoms with Crippen molar-refractivity contribution in [3.8, 4) is 0 Å². The predicted octanol–water partition coefficient (Wildman–Crippen LogP) is 1.61. The van der Waals surface area contributed by atoms with Gasteiger partial charge >= 0.3 is 0 Å². The highest BCUT2D eigenvalue weighted by atomic mass is 19.1. The van der Waals surface area contributed by atoms with Gasteiger partial charge in [0.05, 0.1) is 6.17 Å². The summed E-state index contributed by atoms with van der Waals surface area (Å²) in [5.41, 5.74) is 0.546. The van der Waals surface area contributed by atoms with Gasteiger partial charge in [-0.05, 0) is 24.6 Å². The summed E-state index contributed by atoms with van der Waals surface area (Å²) in [4.78, 5) is 0. The third-order valence-electron chi connectivity index (χ3n) is 1.91. The number of benzene rings is 1. The standard InChI is InChI=1S/C9H10F2N2/c1-5-2-6(10)9(7(11)3-5)13-8-4-12-8/h2-3,8,12-13H,4H2,1H3. The number of halogens is 2. The van der Waals surface area contributed by atoms with E-state index in [1.54, 1.807) is 6.92 Å². The topological polar surface area (TPSA) is 34.0 Å². The number of anilines is 1. The Kier molecular flexibility index (Phi) is 1.92. The number of aryl methyl sites for hydroxylation is 1. The van der Waals surface area contributed by atoms with Crippen molar-refractivity contribution in [3.05, 3.63) is 29.3 Å². The van der Waals surface area contributed by atoms with Gasteiger partial charge < -0.3 is 5.32 Å². The van der Waals surface area contributed by atoms with E-state index in [1.807, 2.05) is 0 Å². The summed E-state index contributed by atoms with van der Waals surface area (Å²) < 4.78 is 26.3. The first-order valence-corrected chi connectivity index (χ1v) is 4.12. The second-order valence-corrected chi connectivity index (χ2v) is 3.21. The summed E-state index contributed by atoms with van der Waals surface area (Å²) in [6.07, 6.45) is 0.0201. The minimum Gasteiger partial charge on any atom is -0.364 e. The third kappa shape index (κ3) is 1.78. The largest absolute Gasteiger partial charge is 0.364 e. The van der Waals surface area contributed by atoms with Crippen molar-refractivity contribution in [1.29, 1.82) is 0 Å². The Labute approximate surface area is 75.0 Å². The van der Waals surface area contributed by atoms with Gasteiger partial charge in [-0.1, -0.05) is 0 Å². The molecule has 1 aliphatic rings. The average Bonchev–Trinajstić information content (AvgIpc) is 2.79. The van der Waals surface area contributed by atoms with Gasteiger partial charge in [-0.25, -0.2) is 8.78 Å². The van der Waals surface area contributed by atoms with Crippen LogP contribution in [0.4, 0.5) is 14.5 Å². The van der Waals surface area contributed by atoms with Crippen LogP contribution in [0.25, 0.3) is 0 Å². The monoisotopic (exact) mass is 184 g/mol. The molecule has 0 bridgehead atoms. The minimum atomic E-state index is -0.536. The molecule has 2 rings (SSSR count). The molecule has 0 saturated carbocycles. The van der Waals surface area contributed by atoms with E-state index in [9.17, 15) is 8.78 Å². The van der Waals surface area contributed by atoms with Crippen molar-refractivity contribution in [2.24, 2.45) is 0 Å². The van der Waals surface area contributed by atoms with Crippen molar-refractivity contribution < 1.29 is 8.78 Å². The van der Waals surface area contributed by atoms with Crippen LogP contribution in [0.2, 0.25) is 0 Å². The maximum atomic E-state index is 13.2. The molecule has 4 heteroatoms. The summed E-state index contributed by atoms with van der Waals surface area (Å²) >= 11 is 0. The summed E-state index contributed by atoms with van der Waals surface area (Å²) in [6.45, 7) is 2.41. The number of nitrogens with one attached hydrogen (secondary N) is 2. The van der Waals surface area contributed by atoms with Crippen LogP contribution in [-0.2, 0) is 0 Å². The molecule has 70 valence electrons. The van der Waals surface area contributed by atoms with Crippen LogP contribution >= 0.6 is 0 Å². The molecule has 0 radical (unpaired) electrons. The first-order chi connectivity index (χ1) is 6.16. The number of rotatable bonds is 2. The van der Waals surface area contributed by atoms with Crippen molar-refractivity contribution in [1.82, 2.24) is 5.32 Å². The van der Waals surface area contributed by atoms with Gasteiger partial charge in [0, 0.05) is 6.54 Å². The Morgan fingerprint density at radius 1 is 1.38 bits per heavy atom. The highest BCUT2D eigenvalue weighted by Crippen LogP contribution is 2.21. The Balaban J connectivity index is 2.31. The van der Waals surface area contributed by atoms with Crippen molar-refractivity contribution in [2.45, 2.75) is 13.1 Å². The fraction of sp³-hybridized carbons (Fsp3) is 0.333. The zero-order chi connectivity index (χ0) is 9.42. The van der Waals surface area contributed by atoms with E-state index in [0.717, 1.165) is 6.54 Å². The molecule has 1 fully saturated rings. The van der Waals surface area contributed by atoms with E-state index in [-0.39, 0.29) is 11.9 Å². The predicted molar refractivity (Wildman–Crippen MR) is 46.5 cm³/mol. The first-order valence-electron chi connectivity index (χ1n) is 4.12. The Bertz CT molecular complexity index is 311. The number of hydrogen-bond donors (Lipinski definition) is 2. The lowest BCUT2D eigenvalue weighted by Gasteiger charge is -2.07. The second kappa shape index (κ2) is 2.96. The maximum Gasteiger partial charge on any atom is 0.149 e. The molecule has 0 amide bonds. The number of hydrogen-bond acceptors (Lipinski definition) is 2. The zero-order valence-electron chi connectivity index (χ0n) is 7.20. The van der Waals surface area contributed by atoms with Gasteiger partial charge in [0.15, 0.2) is 0 Å². The van der Waals surface area contributed by atoms with E-state index < -0.39 is 11.6 Å². The van der Waals surface area contributed by atoms with E-state index in [4.69, 9.17) is 0 Å². The van der Waals surface area contributed by atoms with Crippen LogP contribution in [0.1, 0.15) is 5.56 Å². The zero-order valence-corrected chi connectivity index (χ0v) is 7.20. The van der Waals surface area contributed by atoms with E-state index in [0.29, 0.717) is 5.56 Å². The molecule has 0 aliphatic carbocycles. The fourth-order valence-electron chi connectivity index (χ4n) is 1.17. The van der Waals surface area contributed by atoms with Gasteiger partial charge in [0.1, 0.15) is 17.3 Å². The normalized spacial score (nSPS) is 20.1.